The first kappa shape index (κ1) is 21.9. The number of amides is 1. The Morgan fingerprint density at radius 1 is 1.26 bits per heavy atom. The van der Waals surface area contributed by atoms with Gasteiger partial charge in [0, 0.05) is 21.5 Å². The molecule has 148 valence electrons. The average molecular weight is 432 g/mol. The Balaban J connectivity index is 2.21. The monoisotopic (exact) mass is 431 g/mol. The summed E-state index contributed by atoms with van der Waals surface area (Å²) in [5, 5.41) is 2.23. The molecule has 1 amide bonds. The van der Waals surface area contributed by atoms with E-state index in [2.05, 4.69) is 30.1 Å². The van der Waals surface area contributed by atoms with E-state index < -0.39 is 6.09 Å². The van der Waals surface area contributed by atoms with Gasteiger partial charge in [-0.3, -0.25) is 0 Å². The molecular formula is C18H23Cl2N3O3S. The Bertz CT molecular complexity index is 776. The van der Waals surface area contributed by atoms with Crippen molar-refractivity contribution in [3.63, 3.8) is 0 Å². The lowest BCUT2D eigenvalue weighted by Crippen LogP contribution is -2.16. The normalized spacial score (nSPS) is 11.2. The standard InChI is InChI=1S/C18H23Cl2N3O3S/c1-4-23-15(10-25-5-6-26-18(21)24)22-16(11(2)3)17(23)27-14-8-12(19)7-13(20)9-14/h7-9,11H,4-6,10H2,1-3H3,(H2,21,24). The van der Waals surface area contributed by atoms with E-state index in [1.165, 1.54) is 0 Å². The van der Waals surface area contributed by atoms with Crippen molar-refractivity contribution in [2.24, 2.45) is 5.73 Å². The third kappa shape index (κ3) is 6.31. The number of benzene rings is 1. The summed E-state index contributed by atoms with van der Waals surface area (Å²) < 4.78 is 12.4. The van der Waals surface area contributed by atoms with Gasteiger partial charge in [-0.2, -0.15) is 0 Å². The molecule has 0 saturated heterocycles. The summed E-state index contributed by atoms with van der Waals surface area (Å²) in [5.74, 6) is 1.06. The number of primary amides is 1. The van der Waals surface area contributed by atoms with E-state index in [-0.39, 0.29) is 19.1 Å². The van der Waals surface area contributed by atoms with E-state index >= 15 is 0 Å². The number of hydrogen-bond acceptors (Lipinski definition) is 5. The summed E-state index contributed by atoms with van der Waals surface area (Å²) >= 11 is 13.8. The predicted molar refractivity (Wildman–Crippen MR) is 108 cm³/mol. The molecule has 0 atom stereocenters. The summed E-state index contributed by atoms with van der Waals surface area (Å²) in [7, 11) is 0. The molecule has 1 heterocycles. The smallest absolute Gasteiger partial charge is 0.404 e. The number of halogens is 2. The van der Waals surface area contributed by atoms with Crippen LogP contribution < -0.4 is 5.73 Å². The molecule has 9 heteroatoms. The number of imidazole rings is 1. The average Bonchev–Trinajstić information content (AvgIpc) is 2.91. The summed E-state index contributed by atoms with van der Waals surface area (Å²) in [6, 6.07) is 5.47. The lowest BCUT2D eigenvalue weighted by atomic mass is 10.1. The largest absolute Gasteiger partial charge is 0.447 e. The van der Waals surface area contributed by atoms with Crippen molar-refractivity contribution in [3.05, 3.63) is 39.8 Å². The molecule has 2 rings (SSSR count). The Morgan fingerprint density at radius 2 is 1.93 bits per heavy atom. The minimum Gasteiger partial charge on any atom is -0.447 e. The molecule has 0 unspecified atom stereocenters. The van der Waals surface area contributed by atoms with Crippen LogP contribution in [0.4, 0.5) is 4.79 Å². The van der Waals surface area contributed by atoms with Gasteiger partial charge < -0.3 is 19.8 Å². The van der Waals surface area contributed by atoms with Crippen molar-refractivity contribution in [2.45, 2.75) is 49.8 Å². The molecule has 0 saturated carbocycles. The molecule has 1 aromatic carbocycles. The summed E-state index contributed by atoms with van der Waals surface area (Å²) in [4.78, 5) is 16.3. The second-order valence-electron chi connectivity index (χ2n) is 6.04. The second kappa shape index (κ2) is 10.2. The van der Waals surface area contributed by atoms with Gasteiger partial charge in [0.15, 0.2) is 0 Å². The van der Waals surface area contributed by atoms with Gasteiger partial charge in [-0.1, -0.05) is 48.8 Å². The highest BCUT2D eigenvalue weighted by molar-refractivity contribution is 7.99. The van der Waals surface area contributed by atoms with Gasteiger partial charge in [0.05, 0.1) is 12.3 Å². The molecule has 0 aliphatic carbocycles. The van der Waals surface area contributed by atoms with Crippen molar-refractivity contribution in [2.75, 3.05) is 13.2 Å². The number of nitrogens with two attached hydrogens (primary N) is 1. The maximum Gasteiger partial charge on any atom is 0.404 e. The Hall–Kier alpha value is -1.41. The van der Waals surface area contributed by atoms with Crippen LogP contribution in [0.15, 0.2) is 28.1 Å². The molecule has 0 aliphatic heterocycles. The molecule has 0 bridgehead atoms. The van der Waals surface area contributed by atoms with Crippen LogP contribution in [-0.4, -0.2) is 28.9 Å². The molecule has 27 heavy (non-hydrogen) atoms. The zero-order valence-corrected chi connectivity index (χ0v) is 17.8. The first-order valence-corrected chi connectivity index (χ1v) is 10.1. The van der Waals surface area contributed by atoms with E-state index in [4.69, 9.17) is 38.7 Å². The molecular weight excluding hydrogens is 409 g/mol. The third-order valence-corrected chi connectivity index (χ3v) is 5.17. The highest BCUT2D eigenvalue weighted by Gasteiger charge is 2.20. The van der Waals surface area contributed by atoms with Crippen molar-refractivity contribution in [1.29, 1.82) is 0 Å². The van der Waals surface area contributed by atoms with Crippen LogP contribution >= 0.6 is 35.0 Å². The number of ether oxygens (including phenoxy) is 2. The van der Waals surface area contributed by atoms with Gasteiger partial charge in [0.25, 0.3) is 0 Å². The van der Waals surface area contributed by atoms with Crippen LogP contribution in [0.25, 0.3) is 0 Å². The zero-order valence-electron chi connectivity index (χ0n) is 15.5. The molecule has 1 aromatic heterocycles. The number of aromatic nitrogens is 2. The summed E-state index contributed by atoms with van der Waals surface area (Å²) in [5.41, 5.74) is 5.92. The fraction of sp³-hybridized carbons (Fsp3) is 0.444. The van der Waals surface area contributed by atoms with Gasteiger partial charge in [-0.25, -0.2) is 9.78 Å². The van der Waals surface area contributed by atoms with Gasteiger partial charge in [0.2, 0.25) is 0 Å². The van der Waals surface area contributed by atoms with Crippen LogP contribution in [0.3, 0.4) is 0 Å². The lowest BCUT2D eigenvalue weighted by Gasteiger charge is -2.12. The highest BCUT2D eigenvalue weighted by atomic mass is 35.5. The van der Waals surface area contributed by atoms with Gasteiger partial charge in [-0.05, 0) is 31.0 Å². The van der Waals surface area contributed by atoms with Crippen LogP contribution in [0.2, 0.25) is 10.0 Å². The first-order valence-electron chi connectivity index (χ1n) is 8.55. The van der Waals surface area contributed by atoms with Crippen LogP contribution in [-0.2, 0) is 22.6 Å². The van der Waals surface area contributed by atoms with E-state index in [1.807, 2.05) is 12.1 Å². The minimum absolute atomic E-state index is 0.113. The Kier molecular flexibility index (Phi) is 8.28. The number of nitrogens with zero attached hydrogens (tertiary/aromatic N) is 2. The lowest BCUT2D eigenvalue weighted by molar-refractivity contribution is 0.0637. The minimum atomic E-state index is -0.811. The van der Waals surface area contributed by atoms with Crippen LogP contribution in [0.5, 0.6) is 0 Å². The maximum absolute atomic E-state index is 10.6. The van der Waals surface area contributed by atoms with E-state index in [0.29, 0.717) is 16.7 Å². The SMILES string of the molecule is CCn1c(COCCOC(N)=O)nc(C(C)C)c1Sc1cc(Cl)cc(Cl)c1. The van der Waals surface area contributed by atoms with Crippen molar-refractivity contribution < 1.29 is 14.3 Å². The molecule has 0 spiro atoms. The number of rotatable bonds is 9. The number of carbonyl (C=O) groups is 1. The highest BCUT2D eigenvalue weighted by Crippen LogP contribution is 2.37. The van der Waals surface area contributed by atoms with E-state index in [0.717, 1.165) is 28.0 Å². The fourth-order valence-electron chi connectivity index (χ4n) is 2.49. The van der Waals surface area contributed by atoms with Gasteiger partial charge in [-0.15, -0.1) is 0 Å². The number of carbonyl (C=O) groups excluding carboxylic acids is 1. The van der Waals surface area contributed by atoms with Crippen LogP contribution in [0.1, 0.15) is 38.2 Å². The number of hydrogen-bond donors (Lipinski definition) is 1. The fourth-order valence-corrected chi connectivity index (χ4v) is 4.47. The van der Waals surface area contributed by atoms with Crippen molar-refractivity contribution in [3.8, 4) is 0 Å². The second-order valence-corrected chi connectivity index (χ2v) is 7.98. The van der Waals surface area contributed by atoms with E-state index in [1.54, 1.807) is 17.8 Å². The Morgan fingerprint density at radius 3 is 2.48 bits per heavy atom. The van der Waals surface area contributed by atoms with E-state index in [9.17, 15) is 4.79 Å². The summed E-state index contributed by atoms with van der Waals surface area (Å²) in [6.45, 7) is 7.68. The van der Waals surface area contributed by atoms with Gasteiger partial charge >= 0.3 is 6.09 Å². The van der Waals surface area contributed by atoms with Crippen molar-refractivity contribution >= 4 is 41.1 Å². The molecule has 6 nitrogen and oxygen atoms in total. The first-order chi connectivity index (χ1) is 12.8. The molecule has 0 fully saturated rings. The molecule has 2 N–H and O–H groups in total. The molecule has 2 aromatic rings. The molecule has 0 radical (unpaired) electrons. The molecule has 0 aliphatic rings. The quantitative estimate of drug-likeness (QED) is 0.558. The topological polar surface area (TPSA) is 79.4 Å². The van der Waals surface area contributed by atoms with Crippen LogP contribution in [0, 0.1) is 0 Å². The third-order valence-electron chi connectivity index (χ3n) is 3.64. The van der Waals surface area contributed by atoms with Gasteiger partial charge in [0.1, 0.15) is 24.1 Å². The maximum atomic E-state index is 10.6. The predicted octanol–water partition coefficient (Wildman–Crippen LogP) is 5.10. The summed E-state index contributed by atoms with van der Waals surface area (Å²) in [6.07, 6.45) is -0.811. The zero-order chi connectivity index (χ0) is 20.0. The van der Waals surface area contributed by atoms with Crippen molar-refractivity contribution in [1.82, 2.24) is 9.55 Å². The Labute approximate surface area is 173 Å².